The average Bonchev–Trinajstić information content (AvgIpc) is 2.79. The summed E-state index contributed by atoms with van der Waals surface area (Å²) in [6, 6.07) is 19.4. The molecule has 0 aliphatic carbocycles. The first-order valence-electron chi connectivity index (χ1n) is 10.6. The van der Waals surface area contributed by atoms with Gasteiger partial charge < -0.3 is 14.6 Å². The summed E-state index contributed by atoms with van der Waals surface area (Å²) in [5.41, 5.74) is 1.50. The summed E-state index contributed by atoms with van der Waals surface area (Å²) in [5, 5.41) is 9.14. The molecule has 3 aromatic rings. The molecule has 4 nitrogen and oxygen atoms in total. The van der Waals surface area contributed by atoms with Crippen molar-refractivity contribution in [1.82, 2.24) is 0 Å². The molecule has 0 spiro atoms. The lowest BCUT2D eigenvalue weighted by Gasteiger charge is -2.21. The van der Waals surface area contributed by atoms with E-state index in [1.807, 2.05) is 37.3 Å². The van der Waals surface area contributed by atoms with Crippen LogP contribution in [0.5, 0.6) is 11.5 Å². The van der Waals surface area contributed by atoms with Gasteiger partial charge in [0.15, 0.2) is 5.60 Å². The summed E-state index contributed by atoms with van der Waals surface area (Å²) in [5.74, 6) is -0.0115. The smallest absolute Gasteiger partial charge is 0.416 e. The van der Waals surface area contributed by atoms with Gasteiger partial charge in [0.2, 0.25) is 0 Å². The van der Waals surface area contributed by atoms with Crippen LogP contribution >= 0.6 is 0 Å². The topological polar surface area (TPSA) is 55.8 Å². The molecule has 0 aliphatic rings. The van der Waals surface area contributed by atoms with Gasteiger partial charge in [-0.1, -0.05) is 36.4 Å². The number of aliphatic carboxylic acids is 1. The second-order valence-corrected chi connectivity index (χ2v) is 8.24. The number of hydrogen-bond donors (Lipinski definition) is 1. The van der Waals surface area contributed by atoms with Gasteiger partial charge >= 0.3 is 12.1 Å². The highest BCUT2D eigenvalue weighted by atomic mass is 19.4. The maximum Gasteiger partial charge on any atom is 0.416 e. The molecule has 0 unspecified atom stereocenters. The first-order valence-corrected chi connectivity index (χ1v) is 10.6. The van der Waals surface area contributed by atoms with Crippen molar-refractivity contribution in [2.24, 2.45) is 0 Å². The van der Waals surface area contributed by atoms with Crippen molar-refractivity contribution in [3.8, 4) is 22.6 Å². The van der Waals surface area contributed by atoms with E-state index in [1.54, 1.807) is 24.3 Å². The second-order valence-electron chi connectivity index (χ2n) is 8.24. The summed E-state index contributed by atoms with van der Waals surface area (Å²) in [6.45, 7) is 5.22. The zero-order valence-electron chi connectivity index (χ0n) is 19.0. The summed E-state index contributed by atoms with van der Waals surface area (Å²) < 4.78 is 49.4. The van der Waals surface area contributed by atoms with E-state index in [1.165, 1.54) is 26.0 Å². The standard InChI is InChI=1S/C27H25F3O4/c1-18(16-17-33-23-12-14-24(15-13-23)34-26(2,3)25(31)32)19-4-6-20(7-5-19)21-8-10-22(11-9-21)27(28,29)30/h4-16H,17H2,1-3H3,(H,31,32). The van der Waals surface area contributed by atoms with Crippen molar-refractivity contribution < 1.29 is 32.5 Å². The van der Waals surface area contributed by atoms with Gasteiger partial charge in [-0.25, -0.2) is 4.79 Å². The van der Waals surface area contributed by atoms with Crippen LogP contribution in [0.3, 0.4) is 0 Å². The molecule has 0 aliphatic heterocycles. The van der Waals surface area contributed by atoms with E-state index < -0.39 is 23.3 Å². The first kappa shape index (κ1) is 24.9. The van der Waals surface area contributed by atoms with Crippen molar-refractivity contribution in [3.63, 3.8) is 0 Å². The predicted octanol–water partition coefficient (Wildman–Crippen LogP) is 7.10. The van der Waals surface area contributed by atoms with Crippen LogP contribution in [-0.2, 0) is 11.0 Å². The minimum atomic E-state index is -4.35. The third-order valence-corrected chi connectivity index (χ3v) is 5.24. The molecule has 0 amide bonds. The Bertz CT molecular complexity index is 1140. The van der Waals surface area contributed by atoms with Gasteiger partial charge in [0.25, 0.3) is 0 Å². The molecule has 7 heteroatoms. The van der Waals surface area contributed by atoms with Crippen LogP contribution in [0.4, 0.5) is 13.2 Å². The van der Waals surface area contributed by atoms with Crippen LogP contribution in [0.15, 0.2) is 78.9 Å². The third kappa shape index (κ3) is 6.41. The van der Waals surface area contributed by atoms with Gasteiger partial charge in [-0.3, -0.25) is 0 Å². The number of halogens is 3. The first-order chi connectivity index (χ1) is 16.0. The lowest BCUT2D eigenvalue weighted by atomic mass is 10.00. The van der Waals surface area contributed by atoms with Crippen LogP contribution < -0.4 is 9.47 Å². The Morgan fingerprint density at radius 1 is 0.853 bits per heavy atom. The number of carboxylic acids is 1. The Balaban J connectivity index is 1.58. The molecule has 0 saturated heterocycles. The molecule has 0 atom stereocenters. The number of carboxylic acid groups (broad SMARTS) is 1. The monoisotopic (exact) mass is 470 g/mol. The molecule has 34 heavy (non-hydrogen) atoms. The molecule has 0 fully saturated rings. The number of rotatable bonds is 8. The summed E-state index contributed by atoms with van der Waals surface area (Å²) >= 11 is 0. The zero-order valence-corrected chi connectivity index (χ0v) is 19.0. The number of alkyl halides is 3. The van der Waals surface area contributed by atoms with Gasteiger partial charge in [-0.15, -0.1) is 0 Å². The second kappa shape index (κ2) is 10.0. The molecule has 0 radical (unpaired) electrons. The van der Waals surface area contributed by atoms with Crippen molar-refractivity contribution in [2.45, 2.75) is 32.5 Å². The molecule has 0 bridgehead atoms. The zero-order chi connectivity index (χ0) is 24.9. The SMILES string of the molecule is CC(=CCOc1ccc(OC(C)(C)C(=O)O)cc1)c1ccc(-c2ccc(C(F)(F)F)cc2)cc1. The number of hydrogen-bond acceptors (Lipinski definition) is 3. The quantitative estimate of drug-likeness (QED) is 0.382. The number of carbonyl (C=O) groups is 1. The summed E-state index contributed by atoms with van der Waals surface area (Å²) in [7, 11) is 0. The Labute approximate surface area is 196 Å². The van der Waals surface area contributed by atoms with Gasteiger partial charge in [0, 0.05) is 0 Å². The normalized spacial score (nSPS) is 12.4. The van der Waals surface area contributed by atoms with E-state index >= 15 is 0 Å². The van der Waals surface area contributed by atoms with Gasteiger partial charge in [0.1, 0.15) is 18.1 Å². The van der Waals surface area contributed by atoms with E-state index in [2.05, 4.69) is 0 Å². The van der Waals surface area contributed by atoms with E-state index in [4.69, 9.17) is 14.6 Å². The molecule has 3 aromatic carbocycles. The molecule has 178 valence electrons. The van der Waals surface area contributed by atoms with E-state index in [-0.39, 0.29) is 0 Å². The highest BCUT2D eigenvalue weighted by Gasteiger charge is 2.30. The van der Waals surface area contributed by atoms with Gasteiger partial charge in [-0.2, -0.15) is 13.2 Å². The maximum atomic E-state index is 12.7. The summed E-state index contributed by atoms with van der Waals surface area (Å²) in [4.78, 5) is 11.2. The molecule has 0 heterocycles. The van der Waals surface area contributed by atoms with Crippen molar-refractivity contribution in [3.05, 3.63) is 90.0 Å². The van der Waals surface area contributed by atoms with Crippen LogP contribution in [-0.4, -0.2) is 23.3 Å². The fourth-order valence-corrected chi connectivity index (χ4v) is 3.10. The average molecular weight is 470 g/mol. The summed E-state index contributed by atoms with van der Waals surface area (Å²) in [6.07, 6.45) is -2.43. The third-order valence-electron chi connectivity index (χ3n) is 5.24. The molecular formula is C27H25F3O4. The van der Waals surface area contributed by atoms with E-state index in [9.17, 15) is 18.0 Å². The fraction of sp³-hybridized carbons (Fsp3) is 0.222. The van der Waals surface area contributed by atoms with E-state index in [0.717, 1.165) is 28.8 Å². The maximum absolute atomic E-state index is 12.7. The Morgan fingerprint density at radius 3 is 1.85 bits per heavy atom. The van der Waals surface area contributed by atoms with Crippen LogP contribution in [0, 0.1) is 0 Å². The highest BCUT2D eigenvalue weighted by molar-refractivity contribution is 5.76. The van der Waals surface area contributed by atoms with Crippen LogP contribution in [0.25, 0.3) is 16.7 Å². The minimum Gasteiger partial charge on any atom is -0.490 e. The Morgan fingerprint density at radius 2 is 1.35 bits per heavy atom. The fourth-order valence-electron chi connectivity index (χ4n) is 3.10. The molecule has 0 aromatic heterocycles. The number of allylic oxidation sites excluding steroid dienone is 1. The molecular weight excluding hydrogens is 445 g/mol. The molecule has 0 saturated carbocycles. The Kier molecular flexibility index (Phi) is 7.35. The number of benzene rings is 3. The predicted molar refractivity (Wildman–Crippen MR) is 125 cm³/mol. The lowest BCUT2D eigenvalue weighted by molar-refractivity contribution is -0.152. The highest BCUT2D eigenvalue weighted by Crippen LogP contribution is 2.31. The lowest BCUT2D eigenvalue weighted by Crippen LogP contribution is -2.37. The van der Waals surface area contributed by atoms with Crippen molar-refractivity contribution >= 4 is 11.5 Å². The van der Waals surface area contributed by atoms with Crippen molar-refractivity contribution in [2.75, 3.05) is 6.61 Å². The Hall–Kier alpha value is -3.74. The van der Waals surface area contributed by atoms with Crippen LogP contribution in [0.2, 0.25) is 0 Å². The molecule has 1 N–H and O–H groups in total. The molecule has 3 rings (SSSR count). The minimum absolute atomic E-state index is 0.327. The van der Waals surface area contributed by atoms with Crippen LogP contribution in [0.1, 0.15) is 31.9 Å². The largest absolute Gasteiger partial charge is 0.490 e. The van der Waals surface area contributed by atoms with Crippen molar-refractivity contribution in [1.29, 1.82) is 0 Å². The van der Waals surface area contributed by atoms with Gasteiger partial charge in [0.05, 0.1) is 5.56 Å². The van der Waals surface area contributed by atoms with E-state index in [0.29, 0.717) is 23.7 Å². The number of ether oxygens (including phenoxy) is 2. The van der Waals surface area contributed by atoms with Gasteiger partial charge in [-0.05, 0) is 85.5 Å².